The van der Waals surface area contributed by atoms with Crippen molar-refractivity contribution in [3.8, 4) is 23.0 Å². The minimum atomic E-state index is 0.0203. The van der Waals surface area contributed by atoms with E-state index in [4.69, 9.17) is 9.47 Å². The van der Waals surface area contributed by atoms with Gasteiger partial charge >= 0.3 is 0 Å². The molecular weight excluding hydrogens is 592 g/mol. The fraction of sp³-hybridized carbons (Fsp3) is 0.545. The Balaban J connectivity index is 1.85. The second kappa shape index (κ2) is 20.2. The average Bonchev–Trinajstić information content (AvgIpc) is 3.02. The van der Waals surface area contributed by atoms with Crippen LogP contribution in [0.1, 0.15) is 141 Å². The van der Waals surface area contributed by atoms with Gasteiger partial charge in [0.2, 0.25) is 0 Å². The lowest BCUT2D eigenvalue weighted by Gasteiger charge is -2.32. The zero-order chi connectivity index (χ0) is 35.1. The van der Waals surface area contributed by atoms with Gasteiger partial charge in [-0.2, -0.15) is 0 Å². The first-order valence-electron chi connectivity index (χ1n) is 18.6. The Morgan fingerprint density at radius 2 is 1.44 bits per heavy atom. The van der Waals surface area contributed by atoms with Crippen molar-refractivity contribution in [1.29, 1.82) is 0 Å². The van der Waals surface area contributed by atoms with E-state index in [1.165, 1.54) is 16.7 Å². The van der Waals surface area contributed by atoms with Gasteiger partial charge < -0.3 is 19.7 Å². The van der Waals surface area contributed by atoms with Crippen molar-refractivity contribution in [2.75, 3.05) is 13.2 Å². The number of allylic oxidation sites excluding steroid dienone is 7. The molecule has 0 unspecified atom stereocenters. The van der Waals surface area contributed by atoms with Crippen LogP contribution in [-0.4, -0.2) is 23.4 Å². The van der Waals surface area contributed by atoms with Gasteiger partial charge in [-0.05, 0) is 134 Å². The monoisotopic (exact) mass is 656 g/mol. The summed E-state index contributed by atoms with van der Waals surface area (Å²) < 4.78 is 12.9. The standard InChI is InChI=1S/C44H64O4/c1-9-11-13-18-35-27-40(45)38(23-20-33(7)17-15-16-31(3)4)42(29-35)47-24-25-48-43-30-36(19-14-12-10-2)28-41(46)44(43)39-26-34(8)21-22-37(39)32(5)6/h16,20,26-30,37,39,45-46H,5,9-15,17-19,21-25H2,1-4,6-8H3/b33-20+/t37-,39+/m0/s1. The maximum Gasteiger partial charge on any atom is 0.127 e. The molecule has 2 aromatic carbocycles. The predicted molar refractivity (Wildman–Crippen MR) is 204 cm³/mol. The van der Waals surface area contributed by atoms with Crippen LogP contribution in [0.4, 0.5) is 0 Å². The third-order valence-electron chi connectivity index (χ3n) is 9.62. The fourth-order valence-corrected chi connectivity index (χ4v) is 6.77. The van der Waals surface area contributed by atoms with Crippen LogP contribution in [0.15, 0.2) is 71.4 Å². The van der Waals surface area contributed by atoms with Gasteiger partial charge in [0.1, 0.15) is 36.2 Å². The highest BCUT2D eigenvalue weighted by molar-refractivity contribution is 5.53. The quantitative estimate of drug-likeness (QED) is 0.110. The second-order valence-corrected chi connectivity index (χ2v) is 14.3. The van der Waals surface area contributed by atoms with Gasteiger partial charge in [0.05, 0.1) is 0 Å². The average molecular weight is 657 g/mol. The molecule has 4 nitrogen and oxygen atoms in total. The molecule has 0 fully saturated rings. The van der Waals surface area contributed by atoms with Crippen molar-refractivity contribution in [2.45, 2.75) is 138 Å². The first-order chi connectivity index (χ1) is 23.0. The molecule has 0 saturated heterocycles. The minimum Gasteiger partial charge on any atom is -0.508 e. The molecule has 2 aromatic rings. The Hall–Kier alpha value is -3.40. The molecular formula is C44H64O4. The molecule has 48 heavy (non-hydrogen) atoms. The number of hydrogen-bond acceptors (Lipinski definition) is 4. The highest BCUT2D eigenvalue weighted by Crippen LogP contribution is 2.47. The van der Waals surface area contributed by atoms with Crippen molar-refractivity contribution >= 4 is 0 Å². The van der Waals surface area contributed by atoms with Crippen LogP contribution in [-0.2, 0) is 19.3 Å². The molecule has 0 bridgehead atoms. The van der Waals surface area contributed by atoms with E-state index in [2.05, 4.69) is 85.4 Å². The third-order valence-corrected chi connectivity index (χ3v) is 9.62. The van der Waals surface area contributed by atoms with Gasteiger partial charge in [-0.3, -0.25) is 0 Å². The molecule has 0 radical (unpaired) electrons. The van der Waals surface area contributed by atoms with E-state index < -0.39 is 0 Å². The number of aromatic hydroxyl groups is 2. The normalized spacial score (nSPS) is 16.4. The van der Waals surface area contributed by atoms with Gasteiger partial charge in [0.25, 0.3) is 0 Å². The van der Waals surface area contributed by atoms with Crippen LogP contribution >= 0.6 is 0 Å². The van der Waals surface area contributed by atoms with E-state index in [-0.39, 0.29) is 11.8 Å². The molecule has 3 rings (SSSR count). The Morgan fingerprint density at radius 1 is 0.833 bits per heavy atom. The Labute approximate surface area is 292 Å². The van der Waals surface area contributed by atoms with Crippen molar-refractivity contribution in [1.82, 2.24) is 0 Å². The summed E-state index contributed by atoms with van der Waals surface area (Å²) in [7, 11) is 0. The maximum atomic E-state index is 11.5. The van der Waals surface area contributed by atoms with Crippen LogP contribution in [0.25, 0.3) is 0 Å². The number of benzene rings is 2. The lowest BCUT2D eigenvalue weighted by molar-refractivity contribution is 0.212. The van der Waals surface area contributed by atoms with Crippen molar-refractivity contribution < 1.29 is 19.7 Å². The zero-order valence-electron chi connectivity index (χ0n) is 31.2. The summed E-state index contributed by atoms with van der Waals surface area (Å²) in [4.78, 5) is 0. The van der Waals surface area contributed by atoms with E-state index in [0.717, 1.165) is 116 Å². The molecule has 0 aliphatic heterocycles. The number of rotatable bonds is 20. The Bertz CT molecular complexity index is 1420. The summed E-state index contributed by atoms with van der Waals surface area (Å²) in [5.41, 5.74) is 8.99. The second-order valence-electron chi connectivity index (χ2n) is 14.3. The zero-order valence-corrected chi connectivity index (χ0v) is 31.2. The summed E-state index contributed by atoms with van der Waals surface area (Å²) in [5.74, 6) is 2.34. The number of aryl methyl sites for hydroxylation is 2. The molecule has 2 atom stereocenters. The summed E-state index contributed by atoms with van der Waals surface area (Å²) in [5, 5.41) is 22.6. The van der Waals surface area contributed by atoms with Crippen LogP contribution in [0.2, 0.25) is 0 Å². The number of unbranched alkanes of at least 4 members (excludes halogenated alkanes) is 4. The molecule has 4 heteroatoms. The van der Waals surface area contributed by atoms with E-state index in [0.29, 0.717) is 31.1 Å². The smallest absolute Gasteiger partial charge is 0.127 e. The van der Waals surface area contributed by atoms with Crippen LogP contribution in [0, 0.1) is 5.92 Å². The number of ether oxygens (including phenoxy) is 2. The van der Waals surface area contributed by atoms with E-state index in [1.54, 1.807) is 0 Å². The number of phenolic OH excluding ortho intramolecular Hbond substituents is 2. The van der Waals surface area contributed by atoms with E-state index in [1.807, 2.05) is 12.1 Å². The lowest BCUT2D eigenvalue weighted by Crippen LogP contribution is -2.19. The highest BCUT2D eigenvalue weighted by atomic mass is 16.5. The molecule has 0 heterocycles. The topological polar surface area (TPSA) is 58.9 Å². The van der Waals surface area contributed by atoms with Crippen LogP contribution in [0.5, 0.6) is 23.0 Å². The summed E-state index contributed by atoms with van der Waals surface area (Å²) in [6.45, 7) is 20.1. The molecule has 0 saturated carbocycles. The minimum absolute atomic E-state index is 0.0203. The maximum absolute atomic E-state index is 11.5. The largest absolute Gasteiger partial charge is 0.508 e. The molecule has 264 valence electrons. The first kappa shape index (κ1) is 39.0. The molecule has 0 aromatic heterocycles. The molecule has 0 spiro atoms. The van der Waals surface area contributed by atoms with E-state index >= 15 is 0 Å². The third kappa shape index (κ3) is 12.2. The summed E-state index contributed by atoms with van der Waals surface area (Å²) >= 11 is 0. The first-order valence-corrected chi connectivity index (χ1v) is 18.6. The predicted octanol–water partition coefficient (Wildman–Crippen LogP) is 12.3. The van der Waals surface area contributed by atoms with Gasteiger partial charge in [-0.25, -0.2) is 0 Å². The summed E-state index contributed by atoms with van der Waals surface area (Å²) in [6, 6.07) is 8.09. The van der Waals surface area contributed by atoms with Crippen molar-refractivity contribution in [3.05, 3.63) is 93.6 Å². The van der Waals surface area contributed by atoms with Crippen LogP contribution < -0.4 is 9.47 Å². The van der Waals surface area contributed by atoms with E-state index in [9.17, 15) is 10.2 Å². The van der Waals surface area contributed by atoms with Gasteiger partial charge in [-0.1, -0.05) is 86.6 Å². The van der Waals surface area contributed by atoms with Gasteiger partial charge in [0, 0.05) is 17.0 Å². The molecule has 0 amide bonds. The van der Waals surface area contributed by atoms with Crippen LogP contribution in [0.3, 0.4) is 0 Å². The molecule has 1 aliphatic rings. The Kier molecular flexibility index (Phi) is 16.4. The summed E-state index contributed by atoms with van der Waals surface area (Å²) in [6.07, 6.45) is 20.1. The van der Waals surface area contributed by atoms with Crippen molar-refractivity contribution in [2.24, 2.45) is 5.92 Å². The van der Waals surface area contributed by atoms with Gasteiger partial charge in [-0.15, -0.1) is 0 Å². The Morgan fingerprint density at radius 3 is 2.04 bits per heavy atom. The van der Waals surface area contributed by atoms with Crippen molar-refractivity contribution in [3.63, 3.8) is 0 Å². The SMILES string of the molecule is C=C(C)[C@@H]1CCC(C)=C[C@H]1c1c(O)cc(CCCCC)cc1OCCOc1cc(CCCCC)cc(O)c1C/C=C(\C)CCC=C(C)C. The highest BCUT2D eigenvalue weighted by Gasteiger charge is 2.30. The molecule has 1 aliphatic carbocycles. The fourth-order valence-electron chi connectivity index (χ4n) is 6.77. The molecule has 2 N–H and O–H groups in total. The number of phenols is 2. The number of hydrogen-bond donors (Lipinski definition) is 2. The van der Waals surface area contributed by atoms with Gasteiger partial charge in [0.15, 0.2) is 0 Å². The lowest BCUT2D eigenvalue weighted by atomic mass is 9.73.